The Hall–Kier alpha value is -2.05. The van der Waals surface area contributed by atoms with Crippen LogP contribution in [0.4, 0.5) is 4.79 Å². The number of nitrogens with one attached hydrogen (secondary N) is 2. The lowest BCUT2D eigenvalue weighted by Gasteiger charge is -2.13. The van der Waals surface area contributed by atoms with Gasteiger partial charge in [-0.25, -0.2) is 4.79 Å². The second kappa shape index (κ2) is 7.40. The van der Waals surface area contributed by atoms with Crippen molar-refractivity contribution >= 4 is 12.0 Å². The smallest absolute Gasteiger partial charge is 0.315 e. The molecule has 0 fully saturated rings. The van der Waals surface area contributed by atoms with Gasteiger partial charge < -0.3 is 15.7 Å². The van der Waals surface area contributed by atoms with Gasteiger partial charge in [-0.05, 0) is 25.8 Å². The van der Waals surface area contributed by atoms with E-state index in [-0.39, 0.29) is 18.5 Å². The van der Waals surface area contributed by atoms with Gasteiger partial charge in [0.15, 0.2) is 0 Å². The minimum Gasteiger partial charge on any atom is -0.481 e. The van der Waals surface area contributed by atoms with Crippen LogP contribution in [-0.2, 0) is 11.3 Å². The zero-order valence-electron chi connectivity index (χ0n) is 11.2. The summed E-state index contributed by atoms with van der Waals surface area (Å²) in [5.41, 5.74) is 1.08. The Morgan fingerprint density at radius 2 is 2.26 bits per heavy atom. The maximum Gasteiger partial charge on any atom is 0.315 e. The van der Waals surface area contributed by atoms with E-state index in [1.54, 1.807) is 17.8 Å². The molecular formula is C12H20N4O3. The number of nitrogens with zero attached hydrogens (tertiary/aromatic N) is 2. The number of hydrogen-bond donors (Lipinski definition) is 3. The van der Waals surface area contributed by atoms with Gasteiger partial charge in [-0.15, -0.1) is 0 Å². The monoisotopic (exact) mass is 268 g/mol. The molecule has 19 heavy (non-hydrogen) atoms. The standard InChI is InChI=1S/C12H20N4O3/c1-9-7-14-16(8-9)6-5-13-12(19)15-10(2)3-4-11(17)18/h7-8,10H,3-6H2,1-2H3,(H,17,18)(H2,13,15,19). The van der Waals surface area contributed by atoms with E-state index in [4.69, 9.17) is 5.11 Å². The number of rotatable bonds is 7. The highest BCUT2D eigenvalue weighted by atomic mass is 16.4. The largest absolute Gasteiger partial charge is 0.481 e. The summed E-state index contributed by atoms with van der Waals surface area (Å²) < 4.78 is 1.75. The topological polar surface area (TPSA) is 96.3 Å². The van der Waals surface area contributed by atoms with Gasteiger partial charge in [0.25, 0.3) is 0 Å². The summed E-state index contributed by atoms with van der Waals surface area (Å²) in [5.74, 6) is -0.858. The first kappa shape index (κ1) is 15.0. The third kappa shape index (κ3) is 6.44. The highest BCUT2D eigenvalue weighted by molar-refractivity contribution is 5.74. The highest BCUT2D eigenvalue weighted by Gasteiger charge is 2.08. The van der Waals surface area contributed by atoms with Crippen LogP contribution >= 0.6 is 0 Å². The van der Waals surface area contributed by atoms with Gasteiger partial charge in [-0.1, -0.05) is 0 Å². The molecule has 1 rings (SSSR count). The molecule has 3 N–H and O–H groups in total. The molecule has 0 aliphatic heterocycles. The quantitative estimate of drug-likeness (QED) is 0.679. The number of urea groups is 1. The number of hydrogen-bond acceptors (Lipinski definition) is 3. The Labute approximate surface area is 112 Å². The number of aryl methyl sites for hydroxylation is 1. The van der Waals surface area contributed by atoms with E-state index in [1.165, 1.54) is 0 Å². The zero-order chi connectivity index (χ0) is 14.3. The maximum absolute atomic E-state index is 11.5. The second-order valence-electron chi connectivity index (χ2n) is 4.51. The molecule has 0 saturated heterocycles. The molecule has 0 aliphatic carbocycles. The molecule has 1 atom stereocenters. The third-order valence-electron chi connectivity index (χ3n) is 2.56. The van der Waals surface area contributed by atoms with Crippen molar-refractivity contribution in [2.45, 2.75) is 39.3 Å². The molecule has 1 aromatic heterocycles. The molecule has 7 heteroatoms. The first-order chi connectivity index (χ1) is 8.97. The maximum atomic E-state index is 11.5. The fourth-order valence-electron chi connectivity index (χ4n) is 1.56. The average Bonchev–Trinajstić information content (AvgIpc) is 2.72. The van der Waals surface area contributed by atoms with Crippen LogP contribution in [0.2, 0.25) is 0 Å². The van der Waals surface area contributed by atoms with Gasteiger partial charge >= 0.3 is 12.0 Å². The van der Waals surface area contributed by atoms with Crippen LogP contribution in [0.3, 0.4) is 0 Å². The van der Waals surface area contributed by atoms with Gasteiger partial charge in [0.2, 0.25) is 0 Å². The Balaban J connectivity index is 2.15. The Bertz CT molecular complexity index is 430. The fraction of sp³-hybridized carbons (Fsp3) is 0.583. The lowest BCUT2D eigenvalue weighted by molar-refractivity contribution is -0.137. The Kier molecular flexibility index (Phi) is 5.84. The molecule has 0 aliphatic rings. The predicted molar refractivity (Wildman–Crippen MR) is 69.8 cm³/mol. The van der Waals surface area contributed by atoms with Gasteiger partial charge in [0.1, 0.15) is 0 Å². The summed E-state index contributed by atoms with van der Waals surface area (Å²) in [4.78, 5) is 21.9. The van der Waals surface area contributed by atoms with Crippen molar-refractivity contribution in [3.05, 3.63) is 18.0 Å². The molecule has 0 spiro atoms. The molecule has 106 valence electrons. The van der Waals surface area contributed by atoms with Crippen molar-refractivity contribution in [1.29, 1.82) is 0 Å². The number of carbonyl (C=O) groups excluding carboxylic acids is 1. The van der Waals surface area contributed by atoms with Crippen LogP contribution in [-0.4, -0.2) is 39.5 Å². The van der Waals surface area contributed by atoms with Crippen molar-refractivity contribution in [3.63, 3.8) is 0 Å². The lowest BCUT2D eigenvalue weighted by Crippen LogP contribution is -2.42. The molecule has 0 bridgehead atoms. The molecule has 0 aromatic carbocycles. The first-order valence-electron chi connectivity index (χ1n) is 6.22. The summed E-state index contributed by atoms with van der Waals surface area (Å²) in [6.45, 7) is 4.80. The van der Waals surface area contributed by atoms with Crippen molar-refractivity contribution < 1.29 is 14.7 Å². The number of aromatic nitrogens is 2. The minimum atomic E-state index is -0.858. The molecule has 1 heterocycles. The molecule has 2 amide bonds. The predicted octanol–water partition coefficient (Wildman–Crippen LogP) is 0.744. The highest BCUT2D eigenvalue weighted by Crippen LogP contribution is 1.96. The van der Waals surface area contributed by atoms with Gasteiger partial charge in [0, 0.05) is 25.2 Å². The summed E-state index contributed by atoms with van der Waals surface area (Å²) in [6.07, 6.45) is 4.12. The fourth-order valence-corrected chi connectivity index (χ4v) is 1.56. The van der Waals surface area contributed by atoms with E-state index < -0.39 is 5.97 Å². The summed E-state index contributed by atoms with van der Waals surface area (Å²) in [5, 5.41) is 18.0. The molecular weight excluding hydrogens is 248 g/mol. The second-order valence-corrected chi connectivity index (χ2v) is 4.51. The van der Waals surface area contributed by atoms with E-state index in [1.807, 2.05) is 13.1 Å². The summed E-state index contributed by atoms with van der Waals surface area (Å²) >= 11 is 0. The molecule has 7 nitrogen and oxygen atoms in total. The minimum absolute atomic E-state index is 0.0496. The van der Waals surface area contributed by atoms with Crippen LogP contribution in [0.1, 0.15) is 25.3 Å². The number of carboxylic acid groups (broad SMARTS) is 1. The van der Waals surface area contributed by atoms with Gasteiger partial charge in [0.05, 0.1) is 12.7 Å². The van der Waals surface area contributed by atoms with E-state index in [9.17, 15) is 9.59 Å². The average molecular weight is 268 g/mol. The number of aliphatic carboxylic acids is 1. The number of carboxylic acids is 1. The van der Waals surface area contributed by atoms with Crippen LogP contribution < -0.4 is 10.6 Å². The van der Waals surface area contributed by atoms with E-state index in [0.29, 0.717) is 19.5 Å². The van der Waals surface area contributed by atoms with Crippen LogP contribution in [0.15, 0.2) is 12.4 Å². The van der Waals surface area contributed by atoms with Crippen molar-refractivity contribution in [1.82, 2.24) is 20.4 Å². The first-order valence-corrected chi connectivity index (χ1v) is 6.22. The normalized spacial score (nSPS) is 11.9. The van der Waals surface area contributed by atoms with Crippen molar-refractivity contribution in [2.24, 2.45) is 0 Å². The summed E-state index contributed by atoms with van der Waals surface area (Å²) in [6, 6.07) is -0.454. The zero-order valence-corrected chi connectivity index (χ0v) is 11.2. The van der Waals surface area contributed by atoms with Crippen molar-refractivity contribution in [2.75, 3.05) is 6.54 Å². The third-order valence-corrected chi connectivity index (χ3v) is 2.56. The van der Waals surface area contributed by atoms with Crippen LogP contribution in [0.25, 0.3) is 0 Å². The van der Waals surface area contributed by atoms with Gasteiger partial charge in [-0.2, -0.15) is 5.10 Å². The van der Waals surface area contributed by atoms with Crippen LogP contribution in [0, 0.1) is 6.92 Å². The lowest BCUT2D eigenvalue weighted by atomic mass is 10.2. The van der Waals surface area contributed by atoms with Crippen LogP contribution in [0.5, 0.6) is 0 Å². The SMILES string of the molecule is Cc1cnn(CCNC(=O)NC(C)CCC(=O)O)c1. The Morgan fingerprint density at radius 3 is 2.84 bits per heavy atom. The molecule has 1 aromatic rings. The molecule has 1 unspecified atom stereocenters. The van der Waals surface area contributed by atoms with E-state index in [2.05, 4.69) is 15.7 Å². The number of amides is 2. The summed E-state index contributed by atoms with van der Waals surface area (Å²) in [7, 11) is 0. The van der Waals surface area contributed by atoms with E-state index in [0.717, 1.165) is 5.56 Å². The number of carbonyl (C=O) groups is 2. The van der Waals surface area contributed by atoms with Crippen molar-refractivity contribution in [3.8, 4) is 0 Å². The Morgan fingerprint density at radius 1 is 1.53 bits per heavy atom. The molecule has 0 radical (unpaired) electrons. The van der Waals surface area contributed by atoms with E-state index >= 15 is 0 Å². The van der Waals surface area contributed by atoms with Gasteiger partial charge in [-0.3, -0.25) is 9.48 Å². The molecule has 0 saturated carbocycles.